The Kier molecular flexibility index (Phi) is 9.43. The van der Waals surface area contributed by atoms with Crippen molar-refractivity contribution < 1.29 is 26.8 Å². The summed E-state index contributed by atoms with van der Waals surface area (Å²) in [7, 11) is -7.70. The first-order valence-corrected chi connectivity index (χ1v) is 18.9. The molecule has 6 rings (SSSR count). The van der Waals surface area contributed by atoms with Crippen LogP contribution < -0.4 is 10.0 Å². The summed E-state index contributed by atoms with van der Waals surface area (Å²) in [6, 6.07) is 28.9. The van der Waals surface area contributed by atoms with E-state index in [0.29, 0.717) is 28.8 Å². The number of ether oxygens (including phenoxy) is 1. The minimum Gasteiger partial charge on any atom is -0.488 e. The molecule has 0 amide bonds. The van der Waals surface area contributed by atoms with Gasteiger partial charge in [-0.25, -0.2) is 8.42 Å². The molecule has 0 fully saturated rings. The minimum atomic E-state index is -3.89. The largest absolute Gasteiger partial charge is 0.488 e. The van der Waals surface area contributed by atoms with Crippen LogP contribution in [0.2, 0.25) is 0 Å². The third-order valence-corrected chi connectivity index (χ3v) is 12.9. The van der Waals surface area contributed by atoms with Crippen molar-refractivity contribution in [2.75, 3.05) is 13.2 Å². The van der Waals surface area contributed by atoms with Crippen LogP contribution in [-0.4, -0.2) is 25.9 Å². The van der Waals surface area contributed by atoms with E-state index < -0.39 is 17.6 Å². The molecular weight excluding hydrogens is 629 g/mol. The Bertz CT molecular complexity index is 2090. The molecule has 0 bridgehead atoms. The van der Waals surface area contributed by atoms with Crippen molar-refractivity contribution >= 4 is 33.7 Å². The number of sulfonamides is 1. The molecule has 0 unspecified atom stereocenters. The Balaban J connectivity index is 1.61. The minimum absolute atomic E-state index is 0.149. The monoisotopic (exact) mass is 669 g/mol. The van der Waals surface area contributed by atoms with E-state index in [1.807, 2.05) is 87.5 Å². The lowest BCUT2D eigenvalue weighted by atomic mass is 9.88. The Morgan fingerprint density at radius 3 is 2.00 bits per heavy atom. The molecule has 0 N–H and O–H groups in total. The predicted octanol–water partition coefficient (Wildman–Crippen LogP) is 8.61. The topological polar surface area (TPSA) is 82.1 Å². The average Bonchev–Trinajstić information content (AvgIpc) is 3.54. The van der Waals surface area contributed by atoms with E-state index in [4.69, 9.17) is 13.8 Å². The Morgan fingerprint density at radius 1 is 0.723 bits per heavy atom. The van der Waals surface area contributed by atoms with Crippen LogP contribution in [0, 0.1) is 20.8 Å². The summed E-state index contributed by atoms with van der Waals surface area (Å²) in [5.41, 5.74) is 6.70. The lowest BCUT2D eigenvalue weighted by Crippen LogP contribution is -2.25. The highest BCUT2D eigenvalue weighted by atomic mass is 32.2. The van der Waals surface area contributed by atoms with Gasteiger partial charge >= 0.3 is 7.60 Å². The second-order valence-electron chi connectivity index (χ2n) is 11.8. The average molecular weight is 670 g/mol. The molecule has 1 heterocycles. The molecule has 244 valence electrons. The van der Waals surface area contributed by atoms with Gasteiger partial charge < -0.3 is 13.8 Å². The van der Waals surface area contributed by atoms with Gasteiger partial charge in [0, 0.05) is 24.2 Å². The molecule has 47 heavy (non-hydrogen) atoms. The fraction of sp³-hybridized carbons (Fsp3) is 0.263. The molecule has 0 spiro atoms. The van der Waals surface area contributed by atoms with Crippen LogP contribution in [0.4, 0.5) is 0 Å². The van der Waals surface area contributed by atoms with Gasteiger partial charge in [0.1, 0.15) is 12.4 Å². The van der Waals surface area contributed by atoms with Crippen LogP contribution in [0.25, 0.3) is 21.9 Å². The Morgan fingerprint density at radius 2 is 1.34 bits per heavy atom. The van der Waals surface area contributed by atoms with Gasteiger partial charge in [-0.3, -0.25) is 4.57 Å². The van der Waals surface area contributed by atoms with Crippen molar-refractivity contribution in [2.45, 2.75) is 59.2 Å². The fourth-order valence-corrected chi connectivity index (χ4v) is 9.98. The maximum absolute atomic E-state index is 14.9. The molecule has 1 aliphatic rings. The standard InChI is InChI=1S/C38H40NO6PS/c1-6-44-46(40,45-7-2)38-28(5)34-24-39(47(41,42)31-20-17-26(3)18-21-31)23-33(34)27(4)36(38)37-32-16-12-11-15-30(32)19-22-35(37)43-25-29-13-9-8-10-14-29/h8-22H,6-7,23-25H2,1-5H3. The fourth-order valence-electron chi connectivity index (χ4n) is 6.50. The smallest absolute Gasteiger partial charge is 0.362 e. The van der Waals surface area contributed by atoms with E-state index in [2.05, 4.69) is 0 Å². The van der Waals surface area contributed by atoms with Crippen molar-refractivity contribution in [2.24, 2.45) is 0 Å². The molecule has 0 aliphatic carbocycles. The normalized spacial score (nSPS) is 13.6. The van der Waals surface area contributed by atoms with Gasteiger partial charge in [-0.15, -0.1) is 0 Å². The van der Waals surface area contributed by atoms with E-state index in [1.165, 1.54) is 4.31 Å². The van der Waals surface area contributed by atoms with Gasteiger partial charge in [0.15, 0.2) is 0 Å². The number of benzene rings is 5. The second-order valence-corrected chi connectivity index (χ2v) is 15.7. The van der Waals surface area contributed by atoms with E-state index in [1.54, 1.807) is 38.1 Å². The summed E-state index contributed by atoms with van der Waals surface area (Å²) in [5, 5.41) is 2.36. The van der Waals surface area contributed by atoms with Gasteiger partial charge in [-0.2, -0.15) is 4.31 Å². The Labute approximate surface area is 277 Å². The molecule has 7 nitrogen and oxygen atoms in total. The number of fused-ring (bicyclic) bond motifs is 2. The summed E-state index contributed by atoms with van der Waals surface area (Å²) in [5.74, 6) is 0.623. The molecular formula is C38H40NO6PS. The quantitative estimate of drug-likeness (QED) is 0.131. The second kappa shape index (κ2) is 13.4. The summed E-state index contributed by atoms with van der Waals surface area (Å²) >= 11 is 0. The molecule has 0 saturated heterocycles. The van der Waals surface area contributed by atoms with Crippen LogP contribution in [0.3, 0.4) is 0 Å². The highest BCUT2D eigenvalue weighted by molar-refractivity contribution is 7.89. The number of nitrogens with zero attached hydrogens (tertiary/aromatic N) is 1. The zero-order valence-electron chi connectivity index (χ0n) is 27.4. The molecule has 5 aromatic carbocycles. The van der Waals surface area contributed by atoms with Crippen LogP contribution >= 0.6 is 7.60 Å². The number of rotatable bonds is 11. The summed E-state index contributed by atoms with van der Waals surface area (Å²) in [6.07, 6.45) is 0. The summed E-state index contributed by atoms with van der Waals surface area (Å²) in [4.78, 5) is 0.242. The number of hydrogen-bond donors (Lipinski definition) is 0. The molecule has 9 heteroatoms. The van der Waals surface area contributed by atoms with Gasteiger partial charge in [-0.1, -0.05) is 78.4 Å². The molecule has 0 aromatic heterocycles. The zero-order valence-corrected chi connectivity index (χ0v) is 29.2. The SMILES string of the molecule is CCOP(=O)(OCC)c1c(C)c2c(c(C)c1-c1c(OCc3ccccc3)ccc3ccccc13)CN(S(=O)(=O)c1ccc(C)cc1)C2. The highest BCUT2D eigenvalue weighted by Crippen LogP contribution is 2.54. The predicted molar refractivity (Wildman–Crippen MR) is 188 cm³/mol. The van der Waals surface area contributed by atoms with Crippen molar-refractivity contribution in [3.63, 3.8) is 0 Å². The van der Waals surface area contributed by atoms with Crippen LogP contribution in [0.15, 0.2) is 95.9 Å². The first-order chi connectivity index (χ1) is 22.6. The van der Waals surface area contributed by atoms with Crippen LogP contribution in [-0.2, 0) is 43.3 Å². The Hall–Kier alpha value is -3.78. The maximum Gasteiger partial charge on any atom is 0.362 e. The van der Waals surface area contributed by atoms with Gasteiger partial charge in [0.2, 0.25) is 10.0 Å². The summed E-state index contributed by atoms with van der Waals surface area (Å²) < 4.78 is 62.9. The van der Waals surface area contributed by atoms with Crippen molar-refractivity contribution in [1.82, 2.24) is 4.31 Å². The first kappa shape index (κ1) is 33.1. The number of aryl methyl sites for hydroxylation is 1. The highest BCUT2D eigenvalue weighted by Gasteiger charge is 2.41. The maximum atomic E-state index is 14.9. The first-order valence-electron chi connectivity index (χ1n) is 15.9. The van der Waals surface area contributed by atoms with E-state index in [0.717, 1.165) is 44.2 Å². The lowest BCUT2D eigenvalue weighted by molar-refractivity contribution is 0.230. The molecule has 1 aliphatic heterocycles. The molecule has 5 aromatic rings. The molecule has 0 radical (unpaired) electrons. The van der Waals surface area contributed by atoms with Gasteiger partial charge in [0.05, 0.1) is 23.4 Å². The lowest BCUT2D eigenvalue weighted by Gasteiger charge is -2.27. The third kappa shape index (κ3) is 6.17. The van der Waals surface area contributed by atoms with Crippen LogP contribution in [0.1, 0.15) is 47.2 Å². The van der Waals surface area contributed by atoms with E-state index >= 15 is 0 Å². The van der Waals surface area contributed by atoms with Crippen molar-refractivity contribution in [3.05, 3.63) is 124 Å². The van der Waals surface area contributed by atoms with E-state index in [-0.39, 0.29) is 31.2 Å². The van der Waals surface area contributed by atoms with E-state index in [9.17, 15) is 13.0 Å². The molecule has 0 saturated carbocycles. The summed E-state index contributed by atoms with van der Waals surface area (Å²) in [6.45, 7) is 10.4. The van der Waals surface area contributed by atoms with Crippen LogP contribution in [0.5, 0.6) is 5.75 Å². The third-order valence-electron chi connectivity index (χ3n) is 8.81. The van der Waals surface area contributed by atoms with Gasteiger partial charge in [-0.05, 0) is 91.4 Å². The van der Waals surface area contributed by atoms with Gasteiger partial charge in [0.25, 0.3) is 0 Å². The molecule has 0 atom stereocenters. The zero-order chi connectivity index (χ0) is 33.3. The van der Waals surface area contributed by atoms with Crippen molar-refractivity contribution in [1.29, 1.82) is 0 Å². The van der Waals surface area contributed by atoms with Crippen molar-refractivity contribution in [3.8, 4) is 16.9 Å². The number of hydrogen-bond acceptors (Lipinski definition) is 6.